The molecule has 0 aliphatic heterocycles. The zero-order valence-corrected chi connectivity index (χ0v) is 17.1. The molecule has 2 atom stereocenters. The van der Waals surface area contributed by atoms with Crippen LogP contribution in [0.4, 0.5) is 0 Å². The number of halogens is 2. The smallest absolute Gasteiger partial charge is 0.336 e. The molecule has 6 heteroatoms. The van der Waals surface area contributed by atoms with Crippen LogP contribution in [0.5, 0.6) is 0 Å². The third-order valence-corrected chi connectivity index (χ3v) is 5.55. The molecule has 1 saturated carbocycles. The van der Waals surface area contributed by atoms with Crippen LogP contribution in [-0.4, -0.2) is 16.5 Å². The van der Waals surface area contributed by atoms with Gasteiger partial charge in [-0.25, -0.2) is 4.79 Å². The highest BCUT2D eigenvalue weighted by molar-refractivity contribution is 6.55. The van der Waals surface area contributed by atoms with Crippen molar-refractivity contribution in [2.24, 2.45) is 17.3 Å². The number of nitrogens with zero attached hydrogens (tertiary/aromatic N) is 1. The first-order valence-corrected chi connectivity index (χ1v) is 9.44. The third kappa shape index (κ3) is 3.69. The lowest BCUT2D eigenvalue weighted by molar-refractivity contribution is -0.146. The molecule has 0 spiro atoms. The maximum absolute atomic E-state index is 12.9. The van der Waals surface area contributed by atoms with Gasteiger partial charge in [0.2, 0.25) is 0 Å². The molecule has 0 saturated heterocycles. The summed E-state index contributed by atoms with van der Waals surface area (Å²) in [7, 11) is 0. The van der Waals surface area contributed by atoms with Crippen molar-refractivity contribution in [1.82, 2.24) is 4.73 Å². The lowest BCUT2D eigenvalue weighted by Crippen LogP contribution is -2.25. The SMILES string of the molecule is CC(=O)c1cc(-c2ccccc2)n(OC(=O)C2C(C=C(Cl)Cl)C2(C)C)c1C. The predicted octanol–water partition coefficient (Wildman–Crippen LogP) is 5.21. The molecule has 142 valence electrons. The van der Waals surface area contributed by atoms with Crippen LogP contribution in [0.2, 0.25) is 0 Å². The van der Waals surface area contributed by atoms with Crippen LogP contribution in [-0.2, 0) is 4.79 Å². The van der Waals surface area contributed by atoms with Crippen molar-refractivity contribution >= 4 is 35.0 Å². The maximum atomic E-state index is 12.9. The molecule has 1 fully saturated rings. The lowest BCUT2D eigenvalue weighted by atomic mass is 10.1. The van der Waals surface area contributed by atoms with Crippen LogP contribution in [0.1, 0.15) is 36.8 Å². The Hall–Kier alpha value is -2.04. The van der Waals surface area contributed by atoms with Gasteiger partial charge in [-0.3, -0.25) is 4.79 Å². The standard InChI is InChI=1S/C21H21Cl2NO3/c1-12-15(13(2)25)10-17(14-8-6-5-7-9-14)24(12)27-20(26)19-16(11-18(22)23)21(19,3)4/h5-11,16,19H,1-4H3. The molecule has 2 unspecified atom stereocenters. The Morgan fingerprint density at radius 3 is 2.37 bits per heavy atom. The van der Waals surface area contributed by atoms with Gasteiger partial charge in [0.15, 0.2) is 5.78 Å². The Bertz CT molecular complexity index is 924. The molecule has 1 aromatic carbocycles. The van der Waals surface area contributed by atoms with Crippen molar-refractivity contribution in [2.75, 3.05) is 0 Å². The number of Topliss-reactive ketones (excluding diaryl/α,β-unsaturated/α-hetero) is 1. The second-order valence-electron chi connectivity index (χ2n) is 7.44. The summed E-state index contributed by atoms with van der Waals surface area (Å²) >= 11 is 11.5. The molecule has 1 aromatic heterocycles. The van der Waals surface area contributed by atoms with E-state index in [4.69, 9.17) is 28.0 Å². The van der Waals surface area contributed by atoms with Crippen molar-refractivity contribution in [3.8, 4) is 11.3 Å². The molecule has 0 radical (unpaired) electrons. The van der Waals surface area contributed by atoms with E-state index in [1.54, 1.807) is 19.1 Å². The molecule has 1 aliphatic carbocycles. The fourth-order valence-electron chi connectivity index (χ4n) is 3.59. The summed E-state index contributed by atoms with van der Waals surface area (Å²) in [6.07, 6.45) is 1.68. The molecule has 0 N–H and O–H groups in total. The molecule has 0 amide bonds. The van der Waals surface area contributed by atoms with E-state index in [1.165, 1.54) is 11.7 Å². The van der Waals surface area contributed by atoms with Crippen molar-refractivity contribution in [3.63, 3.8) is 0 Å². The van der Waals surface area contributed by atoms with E-state index in [0.29, 0.717) is 17.0 Å². The molecular weight excluding hydrogens is 385 g/mol. The molecule has 1 heterocycles. The Labute approximate surface area is 168 Å². The number of carbonyl (C=O) groups excluding carboxylic acids is 2. The van der Waals surface area contributed by atoms with Gasteiger partial charge in [0, 0.05) is 11.1 Å². The van der Waals surface area contributed by atoms with E-state index in [9.17, 15) is 9.59 Å². The summed E-state index contributed by atoms with van der Waals surface area (Å²) in [5.41, 5.74) is 2.35. The fourth-order valence-corrected chi connectivity index (χ4v) is 3.87. The topological polar surface area (TPSA) is 48.3 Å². The summed E-state index contributed by atoms with van der Waals surface area (Å²) in [4.78, 5) is 30.6. The largest absolute Gasteiger partial charge is 0.337 e. The number of hydrogen-bond donors (Lipinski definition) is 0. The van der Waals surface area contributed by atoms with Gasteiger partial charge in [0.1, 0.15) is 4.49 Å². The molecule has 4 nitrogen and oxygen atoms in total. The molecule has 0 bridgehead atoms. The minimum atomic E-state index is -0.373. The second-order valence-corrected chi connectivity index (χ2v) is 8.44. The van der Waals surface area contributed by atoms with Crippen molar-refractivity contribution in [3.05, 3.63) is 58.2 Å². The average Bonchev–Trinajstić information content (AvgIpc) is 2.96. The zero-order chi connectivity index (χ0) is 19.9. The Kier molecular flexibility index (Phi) is 5.24. The Morgan fingerprint density at radius 1 is 1.19 bits per heavy atom. The van der Waals surface area contributed by atoms with Crippen LogP contribution in [0.3, 0.4) is 0 Å². The second kappa shape index (κ2) is 7.17. The van der Waals surface area contributed by atoms with Gasteiger partial charge in [0.25, 0.3) is 0 Å². The molecule has 2 aromatic rings. The number of allylic oxidation sites excluding steroid dienone is 1. The molecule has 3 rings (SSSR count). The van der Waals surface area contributed by atoms with Gasteiger partial charge in [0.05, 0.1) is 17.3 Å². The first-order chi connectivity index (χ1) is 12.6. The molecule has 27 heavy (non-hydrogen) atoms. The minimum absolute atomic E-state index is 0.0824. The van der Waals surface area contributed by atoms with Gasteiger partial charge in [-0.2, -0.15) is 4.73 Å². The van der Waals surface area contributed by atoms with Gasteiger partial charge in [-0.1, -0.05) is 67.4 Å². The molecular formula is C21H21Cl2NO3. The number of benzene rings is 1. The third-order valence-electron chi connectivity index (χ3n) is 5.29. The van der Waals surface area contributed by atoms with E-state index in [-0.39, 0.29) is 33.5 Å². The highest BCUT2D eigenvalue weighted by Crippen LogP contribution is 2.59. The van der Waals surface area contributed by atoms with Crippen molar-refractivity contribution in [2.45, 2.75) is 27.7 Å². The summed E-state index contributed by atoms with van der Waals surface area (Å²) < 4.78 is 1.59. The highest BCUT2D eigenvalue weighted by Gasteiger charge is 2.62. The number of aromatic nitrogens is 1. The van der Waals surface area contributed by atoms with Gasteiger partial charge < -0.3 is 4.84 Å². The number of ketones is 1. The van der Waals surface area contributed by atoms with E-state index < -0.39 is 0 Å². The van der Waals surface area contributed by atoms with Crippen LogP contribution in [0.25, 0.3) is 11.3 Å². The number of carbonyl (C=O) groups is 2. The van der Waals surface area contributed by atoms with E-state index in [0.717, 1.165) is 5.56 Å². The first kappa shape index (κ1) is 19.7. The van der Waals surface area contributed by atoms with E-state index in [2.05, 4.69) is 0 Å². The van der Waals surface area contributed by atoms with Gasteiger partial charge in [-0.05, 0) is 37.3 Å². The van der Waals surface area contributed by atoms with E-state index in [1.807, 2.05) is 44.2 Å². The fraction of sp³-hybridized carbons (Fsp3) is 0.333. The summed E-state index contributed by atoms with van der Waals surface area (Å²) in [5, 5.41) is 0. The summed E-state index contributed by atoms with van der Waals surface area (Å²) in [6.45, 7) is 7.20. The highest BCUT2D eigenvalue weighted by atomic mass is 35.5. The number of rotatable bonds is 5. The normalized spacial score (nSPS) is 20.1. The van der Waals surface area contributed by atoms with Crippen LogP contribution < -0.4 is 4.84 Å². The van der Waals surface area contributed by atoms with Crippen LogP contribution >= 0.6 is 23.2 Å². The molecule has 1 aliphatic rings. The summed E-state index contributed by atoms with van der Waals surface area (Å²) in [6, 6.07) is 11.3. The lowest BCUT2D eigenvalue weighted by Gasteiger charge is -2.12. The zero-order valence-electron chi connectivity index (χ0n) is 15.6. The number of hydrogen-bond acceptors (Lipinski definition) is 3. The maximum Gasteiger partial charge on any atom is 0.337 e. The summed E-state index contributed by atoms with van der Waals surface area (Å²) in [5.74, 6) is -0.891. The first-order valence-electron chi connectivity index (χ1n) is 8.68. The average molecular weight is 406 g/mol. The van der Waals surface area contributed by atoms with Crippen molar-refractivity contribution < 1.29 is 14.4 Å². The quantitative estimate of drug-likeness (QED) is 0.641. The van der Waals surface area contributed by atoms with E-state index >= 15 is 0 Å². The van der Waals surface area contributed by atoms with Crippen LogP contribution in [0.15, 0.2) is 47.0 Å². The van der Waals surface area contributed by atoms with Gasteiger partial charge >= 0.3 is 5.97 Å². The minimum Gasteiger partial charge on any atom is -0.336 e. The monoisotopic (exact) mass is 405 g/mol. The predicted molar refractivity (Wildman–Crippen MR) is 107 cm³/mol. The van der Waals surface area contributed by atoms with Crippen LogP contribution in [0, 0.1) is 24.2 Å². The van der Waals surface area contributed by atoms with Crippen molar-refractivity contribution in [1.29, 1.82) is 0 Å². The van der Waals surface area contributed by atoms with Gasteiger partial charge in [-0.15, -0.1) is 0 Å². The Balaban J connectivity index is 1.96. The Morgan fingerprint density at radius 2 is 1.81 bits per heavy atom.